The van der Waals surface area contributed by atoms with Gasteiger partial charge in [0.25, 0.3) is 0 Å². The lowest BCUT2D eigenvalue weighted by atomic mass is 10.1. The second kappa shape index (κ2) is 11.7. The van der Waals surface area contributed by atoms with Crippen molar-refractivity contribution >= 4 is 11.9 Å². The minimum absolute atomic E-state index is 0.213. The fourth-order valence-electron chi connectivity index (χ4n) is 1.93. The Morgan fingerprint density at radius 3 is 1.80 bits per heavy atom. The molecule has 0 unspecified atom stereocenters. The van der Waals surface area contributed by atoms with Crippen LogP contribution in [0.25, 0.3) is 0 Å². The Kier molecular flexibility index (Phi) is 11.1. The van der Waals surface area contributed by atoms with Crippen LogP contribution in [0.4, 0.5) is 0 Å². The zero-order valence-electron chi connectivity index (χ0n) is 13.3. The largest absolute Gasteiger partial charge is 0.469 e. The van der Waals surface area contributed by atoms with Gasteiger partial charge in [0.15, 0.2) is 0 Å². The van der Waals surface area contributed by atoms with Gasteiger partial charge in [0.1, 0.15) is 0 Å². The van der Waals surface area contributed by atoms with E-state index in [0.717, 1.165) is 13.0 Å². The molecule has 0 amide bonds. The highest BCUT2D eigenvalue weighted by Gasteiger charge is 2.11. The topological polar surface area (TPSA) is 55.8 Å². The van der Waals surface area contributed by atoms with Gasteiger partial charge in [-0.05, 0) is 18.9 Å². The summed E-state index contributed by atoms with van der Waals surface area (Å²) in [7, 11) is 2.79. The van der Waals surface area contributed by atoms with Crippen molar-refractivity contribution in [1.82, 2.24) is 4.90 Å². The van der Waals surface area contributed by atoms with Crippen molar-refractivity contribution in [2.45, 2.75) is 46.0 Å². The van der Waals surface area contributed by atoms with Crippen molar-refractivity contribution < 1.29 is 19.1 Å². The smallest absolute Gasteiger partial charge is 0.306 e. The monoisotopic (exact) mass is 287 g/mol. The molecule has 5 nitrogen and oxygen atoms in total. The SMILES string of the molecule is COC(=O)CCN(CCCCC(C)C)CCC(=O)OC. The van der Waals surface area contributed by atoms with E-state index in [4.69, 9.17) is 0 Å². The third kappa shape index (κ3) is 10.8. The van der Waals surface area contributed by atoms with Gasteiger partial charge in [-0.15, -0.1) is 0 Å². The Labute approximate surface area is 122 Å². The molecule has 0 saturated carbocycles. The summed E-state index contributed by atoms with van der Waals surface area (Å²) in [4.78, 5) is 24.5. The van der Waals surface area contributed by atoms with Crippen LogP contribution in [-0.4, -0.2) is 50.7 Å². The Bertz CT molecular complexity index is 259. The number of hydrogen-bond donors (Lipinski definition) is 0. The van der Waals surface area contributed by atoms with Crippen LogP contribution in [-0.2, 0) is 19.1 Å². The van der Waals surface area contributed by atoms with Crippen molar-refractivity contribution in [1.29, 1.82) is 0 Å². The number of methoxy groups -OCH3 is 2. The first kappa shape index (κ1) is 18.9. The zero-order chi connectivity index (χ0) is 15.4. The molecule has 0 atom stereocenters. The second-order valence-electron chi connectivity index (χ2n) is 5.38. The van der Waals surface area contributed by atoms with Gasteiger partial charge in [-0.2, -0.15) is 0 Å². The number of unbranched alkanes of at least 4 members (excludes halogenated alkanes) is 1. The van der Waals surface area contributed by atoms with Crippen molar-refractivity contribution in [3.05, 3.63) is 0 Å². The quantitative estimate of drug-likeness (QED) is 0.431. The lowest BCUT2D eigenvalue weighted by molar-refractivity contribution is -0.141. The average molecular weight is 287 g/mol. The lowest BCUT2D eigenvalue weighted by Gasteiger charge is -2.21. The number of hydrogen-bond acceptors (Lipinski definition) is 5. The molecule has 0 aromatic rings. The second-order valence-corrected chi connectivity index (χ2v) is 5.38. The summed E-state index contributed by atoms with van der Waals surface area (Å²) >= 11 is 0. The molecule has 118 valence electrons. The van der Waals surface area contributed by atoms with Crippen LogP contribution < -0.4 is 0 Å². The maximum absolute atomic E-state index is 11.2. The summed E-state index contributed by atoms with van der Waals surface area (Å²) in [5.41, 5.74) is 0. The molecule has 0 heterocycles. The van der Waals surface area contributed by atoms with Crippen LogP contribution in [0, 0.1) is 5.92 Å². The number of carbonyl (C=O) groups excluding carboxylic acids is 2. The number of ether oxygens (including phenoxy) is 2. The Morgan fingerprint density at radius 1 is 0.900 bits per heavy atom. The first-order valence-electron chi connectivity index (χ1n) is 7.35. The molecule has 0 spiro atoms. The Morgan fingerprint density at radius 2 is 1.40 bits per heavy atom. The predicted molar refractivity (Wildman–Crippen MR) is 78.4 cm³/mol. The summed E-state index contributed by atoms with van der Waals surface area (Å²) < 4.78 is 9.29. The number of rotatable bonds is 11. The van der Waals surface area contributed by atoms with E-state index in [1.807, 2.05) is 0 Å². The van der Waals surface area contributed by atoms with Crippen LogP contribution in [0.15, 0.2) is 0 Å². The van der Waals surface area contributed by atoms with E-state index in [0.29, 0.717) is 31.8 Å². The van der Waals surface area contributed by atoms with Crippen molar-refractivity contribution in [3.63, 3.8) is 0 Å². The molecule has 0 aliphatic rings. The highest BCUT2D eigenvalue weighted by atomic mass is 16.5. The number of carbonyl (C=O) groups is 2. The summed E-state index contributed by atoms with van der Waals surface area (Å²) in [6.07, 6.45) is 4.19. The third-order valence-electron chi connectivity index (χ3n) is 3.23. The maximum Gasteiger partial charge on any atom is 0.306 e. The van der Waals surface area contributed by atoms with Crippen molar-refractivity contribution in [3.8, 4) is 0 Å². The molecular formula is C15H29NO4. The van der Waals surface area contributed by atoms with Crippen molar-refractivity contribution in [2.75, 3.05) is 33.9 Å². The highest BCUT2D eigenvalue weighted by molar-refractivity contribution is 5.70. The molecule has 0 bridgehead atoms. The molecule has 0 fully saturated rings. The van der Waals surface area contributed by atoms with Crippen LogP contribution in [0.3, 0.4) is 0 Å². The number of esters is 2. The summed E-state index contributed by atoms with van der Waals surface area (Å²) in [5, 5.41) is 0. The van der Waals surface area contributed by atoms with E-state index < -0.39 is 0 Å². The predicted octanol–water partition coefficient (Wildman–Crippen LogP) is 2.24. The van der Waals surface area contributed by atoms with E-state index in [-0.39, 0.29) is 11.9 Å². The van der Waals surface area contributed by atoms with Gasteiger partial charge in [0.2, 0.25) is 0 Å². The third-order valence-corrected chi connectivity index (χ3v) is 3.23. The van der Waals surface area contributed by atoms with Gasteiger partial charge in [-0.3, -0.25) is 9.59 Å². The maximum atomic E-state index is 11.2. The van der Waals surface area contributed by atoms with Gasteiger partial charge in [0, 0.05) is 13.1 Å². The lowest BCUT2D eigenvalue weighted by Crippen LogP contribution is -2.30. The van der Waals surface area contributed by atoms with E-state index >= 15 is 0 Å². The first-order chi connectivity index (χ1) is 9.49. The highest BCUT2D eigenvalue weighted by Crippen LogP contribution is 2.08. The molecule has 20 heavy (non-hydrogen) atoms. The van der Waals surface area contributed by atoms with Gasteiger partial charge in [-0.1, -0.05) is 26.7 Å². The van der Waals surface area contributed by atoms with Gasteiger partial charge in [0.05, 0.1) is 27.1 Å². The molecular weight excluding hydrogens is 258 g/mol. The molecule has 0 saturated heterocycles. The fourth-order valence-corrected chi connectivity index (χ4v) is 1.93. The first-order valence-corrected chi connectivity index (χ1v) is 7.35. The van der Waals surface area contributed by atoms with E-state index in [2.05, 4.69) is 28.2 Å². The zero-order valence-corrected chi connectivity index (χ0v) is 13.3. The Hall–Kier alpha value is -1.10. The van der Waals surface area contributed by atoms with E-state index in [9.17, 15) is 9.59 Å². The summed E-state index contributed by atoms with van der Waals surface area (Å²) in [6.45, 7) is 6.59. The molecule has 0 rings (SSSR count). The molecule has 0 radical (unpaired) electrons. The molecule has 0 aliphatic carbocycles. The average Bonchev–Trinajstić information content (AvgIpc) is 2.44. The van der Waals surface area contributed by atoms with Gasteiger partial charge in [-0.25, -0.2) is 0 Å². The normalized spacial score (nSPS) is 10.9. The molecule has 0 aliphatic heterocycles. The van der Waals surface area contributed by atoms with E-state index in [1.54, 1.807) is 0 Å². The van der Waals surface area contributed by atoms with Crippen LogP contribution >= 0.6 is 0 Å². The number of nitrogens with zero attached hydrogens (tertiary/aromatic N) is 1. The molecule has 0 N–H and O–H groups in total. The van der Waals surface area contributed by atoms with Crippen molar-refractivity contribution in [2.24, 2.45) is 5.92 Å². The fraction of sp³-hybridized carbons (Fsp3) is 0.867. The van der Waals surface area contributed by atoms with Gasteiger partial charge < -0.3 is 14.4 Å². The summed E-state index contributed by atoms with van der Waals surface area (Å²) in [6, 6.07) is 0. The molecule has 5 heteroatoms. The Balaban J connectivity index is 4.03. The van der Waals surface area contributed by atoms with Crippen LogP contribution in [0.5, 0.6) is 0 Å². The van der Waals surface area contributed by atoms with E-state index in [1.165, 1.54) is 27.1 Å². The molecule has 0 aromatic carbocycles. The van der Waals surface area contributed by atoms with Crippen LogP contribution in [0.2, 0.25) is 0 Å². The van der Waals surface area contributed by atoms with Crippen LogP contribution in [0.1, 0.15) is 46.0 Å². The summed E-state index contributed by atoms with van der Waals surface area (Å²) in [5.74, 6) is 0.291. The van der Waals surface area contributed by atoms with Gasteiger partial charge >= 0.3 is 11.9 Å². The minimum Gasteiger partial charge on any atom is -0.469 e. The molecule has 0 aromatic heterocycles. The minimum atomic E-state index is -0.213. The standard InChI is InChI=1S/C15H29NO4/c1-13(2)7-5-6-10-16(11-8-14(17)19-3)12-9-15(18)20-4/h13H,5-12H2,1-4H3.